The topological polar surface area (TPSA) is 12.0 Å². The van der Waals surface area contributed by atoms with Gasteiger partial charge in [0.05, 0.1) is 0 Å². The second kappa shape index (κ2) is 7.14. The second-order valence-corrected chi connectivity index (χ2v) is 4.14. The van der Waals surface area contributed by atoms with Gasteiger partial charge in [-0.15, -0.1) is 6.58 Å². The molecule has 13 heavy (non-hydrogen) atoms. The Bertz CT molecular complexity index is 125. The third-order valence-corrected chi connectivity index (χ3v) is 2.92. The van der Waals surface area contributed by atoms with Crippen LogP contribution in [-0.4, -0.2) is 13.1 Å². The van der Waals surface area contributed by atoms with Crippen LogP contribution in [0.4, 0.5) is 0 Å². The van der Waals surface area contributed by atoms with Crippen molar-refractivity contribution in [2.24, 2.45) is 5.92 Å². The van der Waals surface area contributed by atoms with Crippen LogP contribution in [0.25, 0.3) is 0 Å². The molecular weight excluding hydrogens is 158 g/mol. The Hall–Kier alpha value is -0.300. The van der Waals surface area contributed by atoms with Crippen molar-refractivity contribution in [3.05, 3.63) is 12.7 Å². The standard InChI is InChI=1S/C12H23N/c1-2-3-4-5-6-8-12-9-7-10-13-11-12/h2,12-13H,1,3-11H2. The zero-order chi connectivity index (χ0) is 9.36. The number of nitrogens with one attached hydrogen (secondary N) is 1. The summed E-state index contributed by atoms with van der Waals surface area (Å²) in [4.78, 5) is 0. The fourth-order valence-corrected chi connectivity index (χ4v) is 2.07. The van der Waals surface area contributed by atoms with Crippen molar-refractivity contribution < 1.29 is 0 Å². The van der Waals surface area contributed by atoms with E-state index in [0.29, 0.717) is 0 Å². The molecule has 1 atom stereocenters. The molecule has 1 nitrogen and oxygen atoms in total. The smallest absolute Gasteiger partial charge is 0.00205 e. The van der Waals surface area contributed by atoms with E-state index in [2.05, 4.69) is 11.9 Å². The van der Waals surface area contributed by atoms with Crippen molar-refractivity contribution in [2.75, 3.05) is 13.1 Å². The number of allylic oxidation sites excluding steroid dienone is 1. The summed E-state index contributed by atoms with van der Waals surface area (Å²) in [6.07, 6.45) is 11.6. The molecule has 0 aliphatic carbocycles. The van der Waals surface area contributed by atoms with Crippen LogP contribution in [0.1, 0.15) is 44.9 Å². The first-order chi connectivity index (χ1) is 6.43. The van der Waals surface area contributed by atoms with Crippen LogP contribution in [0.5, 0.6) is 0 Å². The molecule has 1 aliphatic rings. The van der Waals surface area contributed by atoms with Gasteiger partial charge in [-0.3, -0.25) is 0 Å². The quantitative estimate of drug-likeness (QED) is 0.490. The minimum absolute atomic E-state index is 0.970. The van der Waals surface area contributed by atoms with Gasteiger partial charge in [-0.2, -0.15) is 0 Å². The SMILES string of the molecule is C=CCCCCCC1CCCNC1. The van der Waals surface area contributed by atoms with Gasteiger partial charge in [0.15, 0.2) is 0 Å². The van der Waals surface area contributed by atoms with Crippen LogP contribution in [0.15, 0.2) is 12.7 Å². The molecule has 1 aliphatic heterocycles. The molecule has 0 aromatic carbocycles. The fourth-order valence-electron chi connectivity index (χ4n) is 2.07. The number of rotatable bonds is 6. The molecule has 76 valence electrons. The highest BCUT2D eigenvalue weighted by atomic mass is 14.9. The first-order valence-corrected chi connectivity index (χ1v) is 5.75. The van der Waals surface area contributed by atoms with Crippen molar-refractivity contribution in [3.63, 3.8) is 0 Å². The van der Waals surface area contributed by atoms with Crippen molar-refractivity contribution in [1.29, 1.82) is 0 Å². The molecule has 1 fully saturated rings. The molecule has 0 spiro atoms. The zero-order valence-corrected chi connectivity index (χ0v) is 8.73. The molecule has 1 saturated heterocycles. The molecule has 0 aromatic rings. The van der Waals surface area contributed by atoms with E-state index in [1.807, 2.05) is 6.08 Å². The number of piperidine rings is 1. The van der Waals surface area contributed by atoms with Crippen LogP contribution in [0.3, 0.4) is 0 Å². The predicted molar refractivity (Wildman–Crippen MR) is 58.9 cm³/mol. The van der Waals surface area contributed by atoms with Gasteiger partial charge < -0.3 is 5.32 Å². The van der Waals surface area contributed by atoms with Crippen LogP contribution >= 0.6 is 0 Å². The van der Waals surface area contributed by atoms with E-state index in [0.717, 1.165) is 5.92 Å². The van der Waals surface area contributed by atoms with E-state index in [1.54, 1.807) is 0 Å². The summed E-state index contributed by atoms with van der Waals surface area (Å²) >= 11 is 0. The Morgan fingerprint density at radius 2 is 2.23 bits per heavy atom. The third-order valence-electron chi connectivity index (χ3n) is 2.92. The Morgan fingerprint density at radius 3 is 2.92 bits per heavy atom. The molecule has 1 heterocycles. The summed E-state index contributed by atoms with van der Waals surface area (Å²) in [6.45, 7) is 6.25. The molecule has 0 amide bonds. The van der Waals surface area contributed by atoms with E-state index in [1.165, 1.54) is 58.0 Å². The molecule has 0 aromatic heterocycles. The van der Waals surface area contributed by atoms with E-state index >= 15 is 0 Å². The van der Waals surface area contributed by atoms with E-state index < -0.39 is 0 Å². The second-order valence-electron chi connectivity index (χ2n) is 4.14. The van der Waals surface area contributed by atoms with Crippen LogP contribution < -0.4 is 5.32 Å². The lowest BCUT2D eigenvalue weighted by Gasteiger charge is -2.22. The Balaban J connectivity index is 1.89. The molecule has 0 bridgehead atoms. The highest BCUT2D eigenvalue weighted by Gasteiger charge is 2.11. The first kappa shape index (κ1) is 10.8. The lowest BCUT2D eigenvalue weighted by atomic mass is 9.93. The van der Waals surface area contributed by atoms with Gasteiger partial charge >= 0.3 is 0 Å². The van der Waals surface area contributed by atoms with Crippen molar-refractivity contribution in [2.45, 2.75) is 44.9 Å². The highest BCUT2D eigenvalue weighted by molar-refractivity contribution is 4.69. The van der Waals surface area contributed by atoms with Crippen molar-refractivity contribution >= 4 is 0 Å². The average Bonchev–Trinajstić information content (AvgIpc) is 2.19. The molecule has 1 N–H and O–H groups in total. The Labute approximate surface area is 82.6 Å². The van der Waals surface area contributed by atoms with Gasteiger partial charge in [-0.05, 0) is 51.1 Å². The number of hydrogen-bond acceptors (Lipinski definition) is 1. The lowest BCUT2D eigenvalue weighted by molar-refractivity contribution is 0.347. The van der Waals surface area contributed by atoms with E-state index in [4.69, 9.17) is 0 Å². The summed E-state index contributed by atoms with van der Waals surface area (Å²) in [5.41, 5.74) is 0. The molecule has 1 heteroatoms. The van der Waals surface area contributed by atoms with Gasteiger partial charge in [0.2, 0.25) is 0 Å². The summed E-state index contributed by atoms with van der Waals surface area (Å²) in [7, 11) is 0. The summed E-state index contributed by atoms with van der Waals surface area (Å²) in [5, 5.41) is 3.47. The molecule has 1 rings (SSSR count). The van der Waals surface area contributed by atoms with Crippen LogP contribution in [0.2, 0.25) is 0 Å². The van der Waals surface area contributed by atoms with Gasteiger partial charge in [0.1, 0.15) is 0 Å². The third kappa shape index (κ3) is 5.09. The summed E-state index contributed by atoms with van der Waals surface area (Å²) in [6, 6.07) is 0. The average molecular weight is 181 g/mol. The van der Waals surface area contributed by atoms with Crippen LogP contribution in [-0.2, 0) is 0 Å². The molecular formula is C12H23N. The van der Waals surface area contributed by atoms with Crippen molar-refractivity contribution in [3.8, 4) is 0 Å². The van der Waals surface area contributed by atoms with Gasteiger partial charge in [0, 0.05) is 0 Å². The Morgan fingerprint density at radius 1 is 1.31 bits per heavy atom. The van der Waals surface area contributed by atoms with Crippen LogP contribution in [0, 0.1) is 5.92 Å². The zero-order valence-electron chi connectivity index (χ0n) is 8.73. The molecule has 0 radical (unpaired) electrons. The maximum Gasteiger partial charge on any atom is -0.00205 e. The first-order valence-electron chi connectivity index (χ1n) is 5.75. The maximum absolute atomic E-state index is 3.74. The molecule has 0 saturated carbocycles. The van der Waals surface area contributed by atoms with Gasteiger partial charge in [-0.25, -0.2) is 0 Å². The summed E-state index contributed by atoms with van der Waals surface area (Å²) in [5.74, 6) is 0.970. The minimum atomic E-state index is 0.970. The normalized spacial score (nSPS) is 22.9. The van der Waals surface area contributed by atoms with Crippen molar-refractivity contribution in [1.82, 2.24) is 5.32 Å². The number of hydrogen-bond donors (Lipinski definition) is 1. The maximum atomic E-state index is 3.74. The molecule has 1 unspecified atom stereocenters. The lowest BCUT2D eigenvalue weighted by Crippen LogP contribution is -2.29. The summed E-state index contributed by atoms with van der Waals surface area (Å²) < 4.78 is 0. The van der Waals surface area contributed by atoms with E-state index in [-0.39, 0.29) is 0 Å². The highest BCUT2D eigenvalue weighted by Crippen LogP contribution is 2.17. The minimum Gasteiger partial charge on any atom is -0.316 e. The van der Waals surface area contributed by atoms with Gasteiger partial charge in [-0.1, -0.05) is 18.9 Å². The number of unbranched alkanes of at least 4 members (excludes halogenated alkanes) is 3. The van der Waals surface area contributed by atoms with E-state index in [9.17, 15) is 0 Å². The Kier molecular flexibility index (Phi) is 5.92. The largest absolute Gasteiger partial charge is 0.316 e. The predicted octanol–water partition coefficient (Wildman–Crippen LogP) is 3.12. The monoisotopic (exact) mass is 181 g/mol. The fraction of sp³-hybridized carbons (Fsp3) is 0.833. The van der Waals surface area contributed by atoms with Gasteiger partial charge in [0.25, 0.3) is 0 Å².